The molecule has 0 radical (unpaired) electrons. The maximum Gasteiger partial charge on any atom is 0.305 e. The number of rotatable bonds is 10. The highest BCUT2D eigenvalue weighted by atomic mass is 127. The summed E-state index contributed by atoms with van der Waals surface area (Å²) in [7, 11) is 3.16. The molecule has 0 bridgehead atoms. The number of guanidine groups is 1. The molecular formula is C20H31FIN3O2. The van der Waals surface area contributed by atoms with Crippen LogP contribution in [0.4, 0.5) is 4.39 Å². The monoisotopic (exact) mass is 491 g/mol. The minimum absolute atomic E-state index is 0. The van der Waals surface area contributed by atoms with Crippen LogP contribution >= 0.6 is 24.0 Å². The van der Waals surface area contributed by atoms with Crippen LogP contribution in [0.5, 0.6) is 0 Å². The van der Waals surface area contributed by atoms with Crippen molar-refractivity contribution in [1.82, 2.24) is 10.6 Å². The van der Waals surface area contributed by atoms with Gasteiger partial charge in [0.25, 0.3) is 0 Å². The van der Waals surface area contributed by atoms with Gasteiger partial charge in [-0.3, -0.25) is 9.79 Å². The Morgan fingerprint density at radius 1 is 1.19 bits per heavy atom. The summed E-state index contributed by atoms with van der Waals surface area (Å²) in [6, 6.07) is 7.04. The van der Waals surface area contributed by atoms with Gasteiger partial charge in [-0.05, 0) is 37.3 Å². The molecule has 0 heterocycles. The third-order valence-electron chi connectivity index (χ3n) is 4.94. The number of carbonyl (C=O) groups is 1. The van der Waals surface area contributed by atoms with Crippen LogP contribution in [0.15, 0.2) is 29.3 Å². The average Bonchev–Trinajstić information content (AvgIpc) is 3.44. The van der Waals surface area contributed by atoms with E-state index in [9.17, 15) is 9.18 Å². The number of methoxy groups -OCH3 is 1. The van der Waals surface area contributed by atoms with Crippen LogP contribution in [-0.4, -0.2) is 39.2 Å². The molecule has 0 aromatic heterocycles. The van der Waals surface area contributed by atoms with Crippen LogP contribution in [-0.2, 0) is 14.9 Å². The van der Waals surface area contributed by atoms with Crippen molar-refractivity contribution in [2.24, 2.45) is 4.99 Å². The Labute approximate surface area is 178 Å². The predicted octanol–water partition coefficient (Wildman–Crippen LogP) is 3.76. The molecule has 1 aliphatic carbocycles. The summed E-state index contributed by atoms with van der Waals surface area (Å²) >= 11 is 0. The number of esters is 1. The summed E-state index contributed by atoms with van der Waals surface area (Å²) in [5.74, 6) is 0.487. The molecular weight excluding hydrogens is 460 g/mol. The first-order valence-corrected chi connectivity index (χ1v) is 9.37. The van der Waals surface area contributed by atoms with E-state index in [1.807, 2.05) is 12.1 Å². The fourth-order valence-electron chi connectivity index (χ4n) is 3.11. The number of hydrogen-bond donors (Lipinski definition) is 2. The molecule has 1 fully saturated rings. The van der Waals surface area contributed by atoms with Crippen molar-refractivity contribution in [2.75, 3.05) is 27.2 Å². The van der Waals surface area contributed by atoms with Crippen molar-refractivity contribution in [3.63, 3.8) is 0 Å². The van der Waals surface area contributed by atoms with Gasteiger partial charge < -0.3 is 15.4 Å². The molecule has 0 spiro atoms. The highest BCUT2D eigenvalue weighted by molar-refractivity contribution is 14.0. The number of ether oxygens (including phenoxy) is 1. The molecule has 2 rings (SSSR count). The minimum Gasteiger partial charge on any atom is -0.469 e. The molecule has 5 nitrogen and oxygen atoms in total. The van der Waals surface area contributed by atoms with E-state index in [4.69, 9.17) is 0 Å². The molecule has 0 aliphatic heterocycles. The van der Waals surface area contributed by atoms with Crippen molar-refractivity contribution >= 4 is 35.9 Å². The van der Waals surface area contributed by atoms with E-state index in [1.165, 1.54) is 13.2 Å². The molecule has 1 aromatic rings. The van der Waals surface area contributed by atoms with Crippen molar-refractivity contribution in [3.05, 3.63) is 35.6 Å². The fourth-order valence-corrected chi connectivity index (χ4v) is 3.11. The van der Waals surface area contributed by atoms with Crippen LogP contribution in [0.2, 0.25) is 0 Å². The van der Waals surface area contributed by atoms with E-state index in [0.717, 1.165) is 56.6 Å². The molecule has 7 heteroatoms. The number of aliphatic imine (C=N–C) groups is 1. The molecule has 2 N–H and O–H groups in total. The molecule has 1 saturated carbocycles. The Bertz CT molecular complexity index is 621. The van der Waals surface area contributed by atoms with Gasteiger partial charge in [0.05, 0.1) is 7.11 Å². The summed E-state index contributed by atoms with van der Waals surface area (Å²) in [6.45, 7) is 1.51. The summed E-state index contributed by atoms with van der Waals surface area (Å²) in [4.78, 5) is 15.3. The van der Waals surface area contributed by atoms with Crippen molar-refractivity contribution < 1.29 is 13.9 Å². The Balaban J connectivity index is 0.00000364. The molecule has 27 heavy (non-hydrogen) atoms. The van der Waals surface area contributed by atoms with E-state index < -0.39 is 0 Å². The topological polar surface area (TPSA) is 62.7 Å². The number of carbonyl (C=O) groups excluding carboxylic acids is 1. The van der Waals surface area contributed by atoms with Gasteiger partial charge in [0, 0.05) is 32.0 Å². The minimum atomic E-state index is -0.142. The second-order valence-corrected chi connectivity index (χ2v) is 6.85. The molecule has 1 aromatic carbocycles. The number of unbranched alkanes of at least 4 members (excludes halogenated alkanes) is 3. The molecule has 152 valence electrons. The summed E-state index contributed by atoms with van der Waals surface area (Å²) in [5.41, 5.74) is 0.699. The third-order valence-corrected chi connectivity index (χ3v) is 4.94. The standard InChI is InChI=1S/C20H30FN3O2.HI/c1-22-19(23-14-8-4-3-5-11-18(25)26-2)24-15-20(12-13-20)16-9-6-7-10-17(16)21;/h6-7,9-10H,3-5,8,11-15H2,1-2H3,(H2,22,23,24);1H. The van der Waals surface area contributed by atoms with E-state index >= 15 is 0 Å². The van der Waals surface area contributed by atoms with E-state index in [2.05, 4.69) is 20.4 Å². The largest absolute Gasteiger partial charge is 0.469 e. The van der Waals surface area contributed by atoms with Gasteiger partial charge in [-0.15, -0.1) is 24.0 Å². The van der Waals surface area contributed by atoms with Gasteiger partial charge in [-0.2, -0.15) is 0 Å². The smallest absolute Gasteiger partial charge is 0.305 e. The van der Waals surface area contributed by atoms with Gasteiger partial charge >= 0.3 is 5.97 Å². The van der Waals surface area contributed by atoms with Gasteiger partial charge in [0.15, 0.2) is 5.96 Å². The highest BCUT2D eigenvalue weighted by Gasteiger charge is 2.45. The van der Waals surface area contributed by atoms with Crippen LogP contribution in [0, 0.1) is 5.82 Å². The molecule has 0 atom stereocenters. The normalized spacial score (nSPS) is 14.9. The van der Waals surface area contributed by atoms with Crippen LogP contribution < -0.4 is 10.6 Å². The summed E-state index contributed by atoms with van der Waals surface area (Å²) < 4.78 is 18.7. The molecule has 0 saturated heterocycles. The highest BCUT2D eigenvalue weighted by Crippen LogP contribution is 2.48. The second kappa shape index (κ2) is 12.2. The number of nitrogens with zero attached hydrogens (tertiary/aromatic N) is 1. The summed E-state index contributed by atoms with van der Waals surface area (Å²) in [6.07, 6.45) is 6.44. The Morgan fingerprint density at radius 2 is 1.89 bits per heavy atom. The van der Waals surface area contributed by atoms with Gasteiger partial charge in [0.2, 0.25) is 0 Å². The maximum absolute atomic E-state index is 14.1. The first kappa shape index (κ1) is 23.7. The van der Waals surface area contributed by atoms with Crippen molar-refractivity contribution in [2.45, 2.75) is 50.4 Å². The quantitative estimate of drug-likeness (QED) is 0.172. The average molecular weight is 491 g/mol. The van der Waals surface area contributed by atoms with Crippen LogP contribution in [0.25, 0.3) is 0 Å². The number of hydrogen-bond acceptors (Lipinski definition) is 3. The lowest BCUT2D eigenvalue weighted by Gasteiger charge is -2.19. The third kappa shape index (κ3) is 7.63. The Hall–Kier alpha value is -1.38. The van der Waals surface area contributed by atoms with E-state index in [0.29, 0.717) is 13.0 Å². The Kier molecular flexibility index (Phi) is 10.6. The van der Waals surface area contributed by atoms with Gasteiger partial charge in [-0.25, -0.2) is 4.39 Å². The molecule has 1 aliphatic rings. The van der Waals surface area contributed by atoms with Gasteiger partial charge in [0.1, 0.15) is 5.82 Å². The lowest BCUT2D eigenvalue weighted by Crippen LogP contribution is -2.41. The second-order valence-electron chi connectivity index (χ2n) is 6.85. The Morgan fingerprint density at radius 3 is 2.52 bits per heavy atom. The van der Waals surface area contributed by atoms with Crippen molar-refractivity contribution in [3.8, 4) is 0 Å². The molecule has 0 amide bonds. The first-order valence-electron chi connectivity index (χ1n) is 9.37. The molecule has 0 unspecified atom stereocenters. The SMILES string of the molecule is CN=C(NCCCCCCC(=O)OC)NCC1(c2ccccc2F)CC1.I. The number of nitrogens with one attached hydrogen (secondary N) is 2. The lowest BCUT2D eigenvalue weighted by atomic mass is 9.95. The first-order chi connectivity index (χ1) is 12.6. The van der Waals surface area contributed by atoms with E-state index in [1.54, 1.807) is 13.1 Å². The number of benzene rings is 1. The number of halogens is 2. The zero-order valence-corrected chi connectivity index (χ0v) is 18.6. The zero-order chi connectivity index (χ0) is 18.8. The summed E-state index contributed by atoms with van der Waals surface area (Å²) in [5, 5.41) is 6.63. The van der Waals surface area contributed by atoms with Crippen LogP contribution in [0.3, 0.4) is 0 Å². The van der Waals surface area contributed by atoms with Gasteiger partial charge in [-0.1, -0.05) is 31.0 Å². The maximum atomic E-state index is 14.1. The van der Waals surface area contributed by atoms with E-state index in [-0.39, 0.29) is 41.2 Å². The lowest BCUT2D eigenvalue weighted by molar-refractivity contribution is -0.140. The zero-order valence-electron chi connectivity index (χ0n) is 16.2. The van der Waals surface area contributed by atoms with Crippen LogP contribution in [0.1, 0.15) is 50.5 Å². The fraction of sp³-hybridized carbons (Fsp3) is 0.600. The van der Waals surface area contributed by atoms with Crippen molar-refractivity contribution in [1.29, 1.82) is 0 Å². The predicted molar refractivity (Wildman–Crippen MR) is 117 cm³/mol.